The molecule has 0 aliphatic rings. The van der Waals surface area contributed by atoms with Crippen molar-refractivity contribution in [1.82, 2.24) is 5.32 Å². The molecule has 0 saturated heterocycles. The number of hydrogen-bond acceptors (Lipinski definition) is 5. The summed E-state index contributed by atoms with van der Waals surface area (Å²) in [7, 11) is -3.85. The maximum absolute atomic E-state index is 11.9. The number of rotatable bonds is 6. The Balaban J connectivity index is 1.90. The van der Waals surface area contributed by atoms with Crippen LogP contribution < -0.4 is 15.8 Å². The summed E-state index contributed by atoms with van der Waals surface area (Å²) in [5, 5.41) is 13.9. The molecular formula is C15H17N3O4S2. The molecule has 1 heterocycles. The van der Waals surface area contributed by atoms with Crippen LogP contribution in [-0.4, -0.2) is 26.8 Å². The topological polar surface area (TPSA) is 118 Å². The second kappa shape index (κ2) is 7.56. The Labute approximate surface area is 143 Å². The van der Waals surface area contributed by atoms with Crippen molar-refractivity contribution in [3.8, 4) is 0 Å². The third-order valence-electron chi connectivity index (χ3n) is 3.20. The van der Waals surface area contributed by atoms with Gasteiger partial charge in [0, 0.05) is 29.6 Å². The molecule has 1 aromatic heterocycles. The van der Waals surface area contributed by atoms with Gasteiger partial charge in [-0.15, -0.1) is 0 Å². The van der Waals surface area contributed by atoms with E-state index in [0.717, 1.165) is 0 Å². The van der Waals surface area contributed by atoms with Crippen LogP contribution in [0.1, 0.15) is 22.3 Å². The maximum Gasteiger partial charge on any atom is 0.252 e. The van der Waals surface area contributed by atoms with Crippen LogP contribution in [0.25, 0.3) is 0 Å². The number of amides is 2. The first-order valence-electron chi connectivity index (χ1n) is 7.01. The lowest BCUT2D eigenvalue weighted by atomic mass is 10.2. The standard InChI is InChI=1S/C15H17N3O4S2/c1-10-2-3-12(8-13(10)24(16,21)22)18-14(19)4-6-17-15(20)11-5-7-23-9-11/h2-3,5,7-9H,4,6H2,1H3,(H,17,20)(H,18,19)(H2,16,21,22). The summed E-state index contributed by atoms with van der Waals surface area (Å²) < 4.78 is 22.9. The molecule has 0 unspecified atom stereocenters. The zero-order valence-electron chi connectivity index (χ0n) is 12.9. The smallest absolute Gasteiger partial charge is 0.252 e. The molecule has 0 bridgehead atoms. The second-order valence-corrected chi connectivity index (χ2v) is 7.40. The minimum absolute atomic E-state index is 0.0361. The number of primary sulfonamides is 1. The molecule has 2 rings (SSSR count). The van der Waals surface area contributed by atoms with Crippen molar-refractivity contribution in [3.05, 3.63) is 46.2 Å². The zero-order valence-corrected chi connectivity index (χ0v) is 14.5. The number of thiophene rings is 1. The summed E-state index contributed by atoms with van der Waals surface area (Å²) in [6.07, 6.45) is 0.0640. The van der Waals surface area contributed by atoms with Crippen LogP contribution in [0.3, 0.4) is 0 Å². The fourth-order valence-corrected chi connectivity index (χ4v) is 3.44. The van der Waals surface area contributed by atoms with E-state index in [1.807, 2.05) is 0 Å². The largest absolute Gasteiger partial charge is 0.351 e. The van der Waals surface area contributed by atoms with Gasteiger partial charge < -0.3 is 10.6 Å². The van der Waals surface area contributed by atoms with Crippen LogP contribution in [0.2, 0.25) is 0 Å². The van der Waals surface area contributed by atoms with Crippen molar-refractivity contribution in [2.45, 2.75) is 18.2 Å². The fourth-order valence-electron chi connectivity index (χ4n) is 1.99. The van der Waals surface area contributed by atoms with Gasteiger partial charge in [-0.05, 0) is 36.1 Å². The minimum Gasteiger partial charge on any atom is -0.351 e. The summed E-state index contributed by atoms with van der Waals surface area (Å²) in [6, 6.07) is 6.16. The molecule has 0 aliphatic heterocycles. The van der Waals surface area contributed by atoms with Gasteiger partial charge in [0.25, 0.3) is 5.91 Å². The number of anilines is 1. The van der Waals surface area contributed by atoms with E-state index in [4.69, 9.17) is 5.14 Å². The van der Waals surface area contributed by atoms with E-state index in [-0.39, 0.29) is 29.7 Å². The molecule has 0 fully saturated rings. The summed E-state index contributed by atoms with van der Waals surface area (Å²) >= 11 is 1.41. The molecule has 2 aromatic rings. The van der Waals surface area contributed by atoms with Gasteiger partial charge in [-0.2, -0.15) is 11.3 Å². The Morgan fingerprint density at radius 3 is 2.62 bits per heavy atom. The molecular weight excluding hydrogens is 350 g/mol. The monoisotopic (exact) mass is 367 g/mol. The second-order valence-electron chi connectivity index (χ2n) is 5.09. The number of hydrogen-bond donors (Lipinski definition) is 3. The van der Waals surface area contributed by atoms with Crippen molar-refractivity contribution in [2.24, 2.45) is 5.14 Å². The van der Waals surface area contributed by atoms with Crippen LogP contribution in [0.5, 0.6) is 0 Å². The van der Waals surface area contributed by atoms with E-state index in [9.17, 15) is 18.0 Å². The number of carbonyl (C=O) groups excluding carboxylic acids is 2. The van der Waals surface area contributed by atoms with Gasteiger partial charge in [0.2, 0.25) is 15.9 Å². The van der Waals surface area contributed by atoms with Crippen LogP contribution in [0.4, 0.5) is 5.69 Å². The third-order valence-corrected chi connectivity index (χ3v) is 4.94. The number of sulfonamides is 1. The molecule has 2 amide bonds. The molecule has 0 radical (unpaired) electrons. The highest BCUT2D eigenvalue weighted by Crippen LogP contribution is 2.19. The predicted molar refractivity (Wildman–Crippen MR) is 92.5 cm³/mol. The summed E-state index contributed by atoms with van der Waals surface area (Å²) in [6.45, 7) is 1.79. The van der Waals surface area contributed by atoms with E-state index in [0.29, 0.717) is 16.8 Å². The molecule has 0 atom stereocenters. The molecule has 0 aliphatic carbocycles. The SMILES string of the molecule is Cc1ccc(NC(=O)CCNC(=O)c2ccsc2)cc1S(N)(=O)=O. The molecule has 0 saturated carbocycles. The van der Waals surface area contributed by atoms with Crippen molar-refractivity contribution in [1.29, 1.82) is 0 Å². The van der Waals surface area contributed by atoms with Gasteiger partial charge in [-0.3, -0.25) is 9.59 Å². The Kier molecular flexibility index (Phi) is 5.71. The van der Waals surface area contributed by atoms with Crippen LogP contribution in [0.15, 0.2) is 39.9 Å². The van der Waals surface area contributed by atoms with Crippen LogP contribution in [-0.2, 0) is 14.8 Å². The first-order chi connectivity index (χ1) is 11.3. The summed E-state index contributed by atoms with van der Waals surface area (Å²) in [5.41, 5.74) is 1.38. The van der Waals surface area contributed by atoms with Crippen molar-refractivity contribution in [3.63, 3.8) is 0 Å². The molecule has 9 heteroatoms. The van der Waals surface area contributed by atoms with Crippen molar-refractivity contribution in [2.75, 3.05) is 11.9 Å². The Morgan fingerprint density at radius 1 is 1.25 bits per heavy atom. The first-order valence-corrected chi connectivity index (χ1v) is 9.50. The third kappa shape index (κ3) is 4.88. The first kappa shape index (κ1) is 18.1. The van der Waals surface area contributed by atoms with Crippen molar-refractivity contribution < 1.29 is 18.0 Å². The number of nitrogens with two attached hydrogens (primary N) is 1. The minimum atomic E-state index is -3.85. The zero-order chi connectivity index (χ0) is 17.7. The van der Waals surface area contributed by atoms with E-state index in [2.05, 4.69) is 10.6 Å². The van der Waals surface area contributed by atoms with Crippen molar-refractivity contribution >= 4 is 38.9 Å². The highest BCUT2D eigenvalue weighted by Gasteiger charge is 2.13. The Morgan fingerprint density at radius 2 is 2.00 bits per heavy atom. The molecule has 24 heavy (non-hydrogen) atoms. The van der Waals surface area contributed by atoms with Gasteiger partial charge in [-0.25, -0.2) is 13.6 Å². The summed E-state index contributed by atoms with van der Waals surface area (Å²) in [5.74, 6) is -0.583. The van der Waals surface area contributed by atoms with Crippen LogP contribution >= 0.6 is 11.3 Å². The van der Waals surface area contributed by atoms with E-state index in [1.165, 1.54) is 17.4 Å². The summed E-state index contributed by atoms with van der Waals surface area (Å²) in [4.78, 5) is 23.6. The van der Waals surface area contributed by atoms with Gasteiger partial charge in [0.1, 0.15) is 0 Å². The quantitative estimate of drug-likeness (QED) is 0.716. The van der Waals surface area contributed by atoms with Gasteiger partial charge in [0.15, 0.2) is 0 Å². The lowest BCUT2D eigenvalue weighted by molar-refractivity contribution is -0.116. The highest BCUT2D eigenvalue weighted by atomic mass is 32.2. The lowest BCUT2D eigenvalue weighted by Gasteiger charge is -2.09. The Hall–Kier alpha value is -2.23. The number of carbonyl (C=O) groups is 2. The molecule has 128 valence electrons. The molecule has 0 spiro atoms. The molecule has 4 N–H and O–H groups in total. The predicted octanol–water partition coefficient (Wildman–Crippen LogP) is 1.46. The number of benzene rings is 1. The lowest BCUT2D eigenvalue weighted by Crippen LogP contribution is -2.27. The normalized spacial score (nSPS) is 11.1. The highest BCUT2D eigenvalue weighted by molar-refractivity contribution is 7.89. The average Bonchev–Trinajstić information content (AvgIpc) is 3.02. The van der Waals surface area contributed by atoms with E-state index >= 15 is 0 Å². The van der Waals surface area contributed by atoms with E-state index in [1.54, 1.807) is 35.9 Å². The molecule has 1 aromatic carbocycles. The molecule has 7 nitrogen and oxygen atoms in total. The number of nitrogens with one attached hydrogen (secondary N) is 2. The van der Waals surface area contributed by atoms with Gasteiger partial charge in [-0.1, -0.05) is 6.07 Å². The van der Waals surface area contributed by atoms with Gasteiger partial charge in [0.05, 0.1) is 4.90 Å². The average molecular weight is 367 g/mol. The maximum atomic E-state index is 11.9. The Bertz CT molecular complexity index is 846. The van der Waals surface area contributed by atoms with E-state index < -0.39 is 10.0 Å². The van der Waals surface area contributed by atoms with Gasteiger partial charge >= 0.3 is 0 Å². The van der Waals surface area contributed by atoms with Crippen LogP contribution in [0, 0.1) is 6.92 Å². The number of aryl methyl sites for hydroxylation is 1. The fraction of sp³-hybridized carbons (Fsp3) is 0.200.